The van der Waals surface area contributed by atoms with Crippen LogP contribution in [0.25, 0.3) is 0 Å². The van der Waals surface area contributed by atoms with Crippen LogP contribution in [0, 0.1) is 12.8 Å². The van der Waals surface area contributed by atoms with Gasteiger partial charge in [0.25, 0.3) is 0 Å². The number of rotatable bonds is 5. The van der Waals surface area contributed by atoms with Crippen LogP contribution in [0.4, 0.5) is 0 Å². The van der Waals surface area contributed by atoms with Crippen molar-refractivity contribution in [1.29, 1.82) is 0 Å². The van der Waals surface area contributed by atoms with Crippen LogP contribution in [0.5, 0.6) is 5.75 Å². The van der Waals surface area contributed by atoms with E-state index in [2.05, 4.69) is 61.8 Å². The van der Waals surface area contributed by atoms with Gasteiger partial charge in [-0.2, -0.15) is 0 Å². The molecule has 0 aliphatic heterocycles. The fourth-order valence-electron chi connectivity index (χ4n) is 1.67. The van der Waals surface area contributed by atoms with Gasteiger partial charge in [0.05, 0.1) is 6.61 Å². The summed E-state index contributed by atoms with van der Waals surface area (Å²) in [6.45, 7) is 9.53. The molecular weight excluding hydrogens is 264 g/mol. The van der Waals surface area contributed by atoms with Gasteiger partial charge in [-0.1, -0.05) is 42.8 Å². The molecule has 0 heterocycles. The number of alkyl halides is 1. The zero-order chi connectivity index (χ0) is 12.1. The first-order chi connectivity index (χ1) is 7.54. The van der Waals surface area contributed by atoms with Crippen LogP contribution in [-0.2, 0) is 0 Å². The van der Waals surface area contributed by atoms with Crippen LogP contribution in [0.3, 0.4) is 0 Å². The average molecular weight is 285 g/mol. The second-order valence-corrected chi connectivity index (χ2v) is 5.39. The summed E-state index contributed by atoms with van der Waals surface area (Å²) in [5, 5.41) is 0.982. The highest BCUT2D eigenvalue weighted by molar-refractivity contribution is 9.09. The molecule has 1 rings (SSSR count). The molecule has 0 aliphatic rings. The van der Waals surface area contributed by atoms with E-state index in [0.29, 0.717) is 11.8 Å². The van der Waals surface area contributed by atoms with Crippen LogP contribution >= 0.6 is 15.9 Å². The van der Waals surface area contributed by atoms with Gasteiger partial charge in [0.1, 0.15) is 5.75 Å². The molecule has 0 radical (unpaired) electrons. The molecule has 0 saturated heterocycles. The second-order valence-electron chi connectivity index (χ2n) is 4.74. The molecule has 0 aromatic heterocycles. The Morgan fingerprint density at radius 2 is 1.94 bits per heavy atom. The molecule has 0 saturated carbocycles. The van der Waals surface area contributed by atoms with Crippen LogP contribution in [-0.4, -0.2) is 11.9 Å². The van der Waals surface area contributed by atoms with Crippen LogP contribution in [0.15, 0.2) is 18.2 Å². The van der Waals surface area contributed by atoms with Crippen LogP contribution < -0.4 is 4.74 Å². The van der Waals surface area contributed by atoms with E-state index in [0.717, 1.165) is 17.7 Å². The lowest BCUT2D eigenvalue weighted by molar-refractivity contribution is 0.274. The van der Waals surface area contributed by atoms with Crippen LogP contribution in [0.1, 0.15) is 37.8 Å². The minimum absolute atomic E-state index is 0.546. The Balaban J connectivity index is 2.66. The summed E-state index contributed by atoms with van der Waals surface area (Å²) in [6, 6.07) is 6.38. The molecule has 1 aromatic carbocycles. The van der Waals surface area contributed by atoms with Crippen LogP contribution in [0.2, 0.25) is 0 Å². The Morgan fingerprint density at radius 3 is 2.44 bits per heavy atom. The first-order valence-electron chi connectivity index (χ1n) is 5.84. The van der Waals surface area contributed by atoms with Gasteiger partial charge < -0.3 is 4.74 Å². The molecule has 0 N–H and O–H groups in total. The van der Waals surface area contributed by atoms with Gasteiger partial charge >= 0.3 is 0 Å². The Morgan fingerprint density at radius 1 is 1.25 bits per heavy atom. The molecular formula is C14H21BrO. The third-order valence-corrected chi connectivity index (χ3v) is 3.77. The number of aryl methyl sites for hydroxylation is 1. The normalized spacial score (nSPS) is 12.9. The van der Waals surface area contributed by atoms with Crippen molar-refractivity contribution in [2.75, 3.05) is 11.9 Å². The molecule has 1 unspecified atom stereocenters. The van der Waals surface area contributed by atoms with E-state index >= 15 is 0 Å². The quantitative estimate of drug-likeness (QED) is 0.722. The number of hydrogen-bond acceptors (Lipinski definition) is 1. The van der Waals surface area contributed by atoms with Crippen molar-refractivity contribution < 1.29 is 4.74 Å². The summed E-state index contributed by atoms with van der Waals surface area (Å²) < 4.78 is 5.74. The summed E-state index contributed by atoms with van der Waals surface area (Å²) in [7, 11) is 0. The van der Waals surface area contributed by atoms with Gasteiger partial charge in [0, 0.05) is 5.33 Å². The molecule has 90 valence electrons. The highest BCUT2D eigenvalue weighted by atomic mass is 79.9. The van der Waals surface area contributed by atoms with Gasteiger partial charge in [-0.25, -0.2) is 0 Å². The largest absolute Gasteiger partial charge is 0.493 e. The third kappa shape index (κ3) is 3.82. The molecule has 0 fully saturated rings. The number of benzene rings is 1. The Kier molecular flexibility index (Phi) is 5.33. The van der Waals surface area contributed by atoms with E-state index in [-0.39, 0.29) is 0 Å². The van der Waals surface area contributed by atoms with Crippen molar-refractivity contribution in [3.8, 4) is 5.75 Å². The van der Waals surface area contributed by atoms with Gasteiger partial charge in [-0.15, -0.1) is 0 Å². The zero-order valence-electron chi connectivity index (χ0n) is 10.6. The van der Waals surface area contributed by atoms with E-state index in [1.54, 1.807) is 0 Å². The minimum atomic E-state index is 0.546. The molecule has 1 aromatic rings. The van der Waals surface area contributed by atoms with Gasteiger partial charge in [-0.05, 0) is 42.0 Å². The van der Waals surface area contributed by atoms with Crippen molar-refractivity contribution in [1.82, 2.24) is 0 Å². The predicted octanol–water partition coefficient (Wildman–Crippen LogP) is 4.53. The Labute approximate surface area is 107 Å². The molecule has 0 spiro atoms. The first kappa shape index (κ1) is 13.6. The van der Waals surface area contributed by atoms with Crippen molar-refractivity contribution in [3.63, 3.8) is 0 Å². The molecule has 16 heavy (non-hydrogen) atoms. The summed E-state index contributed by atoms with van der Waals surface area (Å²) in [4.78, 5) is 0. The number of halogens is 1. The molecule has 0 amide bonds. The predicted molar refractivity (Wildman–Crippen MR) is 73.7 cm³/mol. The molecule has 1 atom stereocenters. The maximum Gasteiger partial charge on any atom is 0.119 e. The highest BCUT2D eigenvalue weighted by Gasteiger charge is 2.06. The van der Waals surface area contributed by atoms with Gasteiger partial charge in [0.2, 0.25) is 0 Å². The van der Waals surface area contributed by atoms with Gasteiger partial charge in [0.15, 0.2) is 0 Å². The van der Waals surface area contributed by atoms with E-state index in [1.165, 1.54) is 11.1 Å². The minimum Gasteiger partial charge on any atom is -0.493 e. The lowest BCUT2D eigenvalue weighted by atomic mass is 9.98. The third-order valence-electron chi connectivity index (χ3n) is 2.66. The van der Waals surface area contributed by atoms with Gasteiger partial charge in [-0.3, -0.25) is 0 Å². The summed E-state index contributed by atoms with van der Waals surface area (Å²) >= 11 is 3.45. The summed E-state index contributed by atoms with van der Waals surface area (Å²) in [5.74, 6) is 2.11. The molecule has 0 bridgehead atoms. The smallest absolute Gasteiger partial charge is 0.119 e. The average Bonchev–Trinajstić information content (AvgIpc) is 2.25. The zero-order valence-corrected chi connectivity index (χ0v) is 12.2. The molecule has 0 aliphatic carbocycles. The second kappa shape index (κ2) is 6.29. The molecule has 2 heteroatoms. The standard InChI is InChI=1S/C14H21BrO/c1-10(2)14-6-5-13(7-12(14)4)16-9-11(3)8-15/h5-7,10-11H,8-9H2,1-4H3. The van der Waals surface area contributed by atoms with Crippen molar-refractivity contribution in [2.45, 2.75) is 33.6 Å². The van der Waals surface area contributed by atoms with E-state index in [4.69, 9.17) is 4.74 Å². The van der Waals surface area contributed by atoms with E-state index < -0.39 is 0 Å². The topological polar surface area (TPSA) is 9.23 Å². The van der Waals surface area contributed by atoms with Crippen molar-refractivity contribution >= 4 is 15.9 Å². The Bertz CT molecular complexity index is 334. The fourth-order valence-corrected chi connectivity index (χ4v) is 1.86. The summed E-state index contributed by atoms with van der Waals surface area (Å²) in [5.41, 5.74) is 2.72. The molecule has 1 nitrogen and oxygen atoms in total. The lowest BCUT2D eigenvalue weighted by Crippen LogP contribution is -2.09. The lowest BCUT2D eigenvalue weighted by Gasteiger charge is -2.14. The number of hydrogen-bond donors (Lipinski definition) is 0. The fraction of sp³-hybridized carbons (Fsp3) is 0.571. The summed E-state index contributed by atoms with van der Waals surface area (Å²) in [6.07, 6.45) is 0. The van der Waals surface area contributed by atoms with Crippen molar-refractivity contribution in [2.24, 2.45) is 5.92 Å². The highest BCUT2D eigenvalue weighted by Crippen LogP contribution is 2.23. The SMILES string of the molecule is Cc1cc(OCC(C)CBr)ccc1C(C)C. The van der Waals surface area contributed by atoms with Crippen molar-refractivity contribution in [3.05, 3.63) is 29.3 Å². The van der Waals surface area contributed by atoms with E-state index in [1.807, 2.05) is 0 Å². The number of ether oxygens (including phenoxy) is 1. The van der Waals surface area contributed by atoms with E-state index in [9.17, 15) is 0 Å². The maximum absolute atomic E-state index is 5.74. The maximum atomic E-state index is 5.74. The Hall–Kier alpha value is -0.500. The first-order valence-corrected chi connectivity index (χ1v) is 6.96. The monoisotopic (exact) mass is 284 g/mol.